The quantitative estimate of drug-likeness (QED) is 0.799. The van der Waals surface area contributed by atoms with Gasteiger partial charge in [0.2, 0.25) is 0 Å². The van der Waals surface area contributed by atoms with Gasteiger partial charge in [-0.25, -0.2) is 4.79 Å². The van der Waals surface area contributed by atoms with E-state index in [0.717, 1.165) is 18.9 Å². The summed E-state index contributed by atoms with van der Waals surface area (Å²) in [5.41, 5.74) is -0.427. The first-order valence-electron chi connectivity index (χ1n) is 8.11. The third kappa shape index (κ3) is 5.34. The summed E-state index contributed by atoms with van der Waals surface area (Å²) in [7, 11) is 0. The third-order valence-electron chi connectivity index (χ3n) is 3.92. The van der Waals surface area contributed by atoms with Crippen molar-refractivity contribution in [1.82, 2.24) is 10.3 Å². The lowest BCUT2D eigenvalue weighted by Gasteiger charge is -2.27. The molecule has 0 aromatic carbocycles. The van der Waals surface area contributed by atoms with Crippen molar-refractivity contribution in [3.63, 3.8) is 0 Å². The highest BCUT2D eigenvalue weighted by Gasteiger charge is 2.35. The van der Waals surface area contributed by atoms with E-state index >= 15 is 0 Å². The highest BCUT2D eigenvalue weighted by atomic mass is 19.4. The Balaban J connectivity index is 2.23. The third-order valence-corrected chi connectivity index (χ3v) is 3.92. The number of pyridine rings is 1. The van der Waals surface area contributed by atoms with E-state index in [-0.39, 0.29) is 17.4 Å². The predicted octanol–water partition coefficient (Wildman–Crippen LogP) is 3.13. The number of halogens is 3. The molecule has 1 amide bonds. The number of carbonyl (C=O) groups excluding carboxylic acids is 1. The van der Waals surface area contributed by atoms with E-state index in [1.807, 2.05) is 0 Å². The largest absolute Gasteiger partial charge is 0.484 e. The molecule has 0 radical (unpaired) electrons. The van der Waals surface area contributed by atoms with Gasteiger partial charge >= 0.3 is 12.1 Å². The molecule has 2 rings (SSSR count). The van der Waals surface area contributed by atoms with E-state index in [1.54, 1.807) is 20.8 Å². The molecule has 26 heavy (non-hydrogen) atoms. The monoisotopic (exact) mass is 374 g/mol. The summed E-state index contributed by atoms with van der Waals surface area (Å²) in [6.45, 7) is 3.46. The van der Waals surface area contributed by atoms with Gasteiger partial charge in [-0.3, -0.25) is 9.78 Å². The summed E-state index contributed by atoms with van der Waals surface area (Å²) in [6, 6.07) is -0.0458. The van der Waals surface area contributed by atoms with Crippen molar-refractivity contribution >= 4 is 11.9 Å². The van der Waals surface area contributed by atoms with Gasteiger partial charge in [-0.15, -0.1) is 0 Å². The molecule has 0 saturated heterocycles. The molecular formula is C17H21F3N2O4. The van der Waals surface area contributed by atoms with Gasteiger partial charge in [-0.05, 0) is 24.2 Å². The second-order valence-corrected chi connectivity index (χ2v) is 7.40. The van der Waals surface area contributed by atoms with Crippen LogP contribution in [0, 0.1) is 5.41 Å². The van der Waals surface area contributed by atoms with E-state index in [9.17, 15) is 27.9 Å². The van der Waals surface area contributed by atoms with Crippen molar-refractivity contribution in [3.05, 3.63) is 23.5 Å². The van der Waals surface area contributed by atoms with Crippen LogP contribution < -0.4 is 10.1 Å². The molecule has 1 aromatic rings. The maximum atomic E-state index is 12.5. The van der Waals surface area contributed by atoms with Crippen molar-refractivity contribution in [2.75, 3.05) is 6.61 Å². The van der Waals surface area contributed by atoms with E-state index in [4.69, 9.17) is 4.74 Å². The molecule has 6 nitrogen and oxygen atoms in total. The highest BCUT2D eigenvalue weighted by molar-refractivity contribution is 5.95. The van der Waals surface area contributed by atoms with Crippen LogP contribution in [0.4, 0.5) is 13.2 Å². The van der Waals surface area contributed by atoms with Crippen LogP contribution in [0.5, 0.6) is 5.75 Å². The Kier molecular flexibility index (Phi) is 5.48. The number of hydrogen-bond acceptors (Lipinski definition) is 4. The zero-order valence-corrected chi connectivity index (χ0v) is 14.7. The summed E-state index contributed by atoms with van der Waals surface area (Å²) < 4.78 is 42.2. The first-order valence-corrected chi connectivity index (χ1v) is 8.11. The minimum Gasteiger partial charge on any atom is -0.484 e. The van der Waals surface area contributed by atoms with E-state index in [2.05, 4.69) is 10.3 Å². The van der Waals surface area contributed by atoms with Crippen molar-refractivity contribution in [2.45, 2.75) is 51.7 Å². The Bertz CT molecular complexity index is 694. The van der Waals surface area contributed by atoms with Gasteiger partial charge in [0.1, 0.15) is 17.5 Å². The standard InChI is InChI=1S/C17H21F3N2O4/c1-16(2,3)13(15(24)25)22-14(23)11-6-12(26-8-17(18,19)20)10(7-21-11)9-4-5-9/h6-7,9,13H,4-5,8H2,1-3H3,(H,22,23)(H,24,25). The summed E-state index contributed by atoms with van der Waals surface area (Å²) in [6.07, 6.45) is -1.54. The van der Waals surface area contributed by atoms with Gasteiger partial charge in [-0.1, -0.05) is 20.8 Å². The Morgan fingerprint density at radius 3 is 2.42 bits per heavy atom. The van der Waals surface area contributed by atoms with Gasteiger partial charge in [0.25, 0.3) is 5.91 Å². The molecule has 1 aliphatic rings. The average molecular weight is 374 g/mol. The van der Waals surface area contributed by atoms with Crippen molar-refractivity contribution in [3.8, 4) is 5.75 Å². The molecule has 2 N–H and O–H groups in total. The number of nitrogens with zero attached hydrogens (tertiary/aromatic N) is 1. The number of hydrogen-bond donors (Lipinski definition) is 2. The fourth-order valence-electron chi connectivity index (χ4n) is 2.41. The maximum Gasteiger partial charge on any atom is 0.422 e. The Morgan fingerprint density at radius 2 is 1.96 bits per heavy atom. The molecule has 1 heterocycles. The lowest BCUT2D eigenvalue weighted by atomic mass is 9.86. The lowest BCUT2D eigenvalue weighted by molar-refractivity contribution is -0.153. The smallest absolute Gasteiger partial charge is 0.422 e. The Hall–Kier alpha value is -2.32. The highest BCUT2D eigenvalue weighted by Crippen LogP contribution is 2.44. The summed E-state index contributed by atoms with van der Waals surface area (Å²) >= 11 is 0. The molecule has 1 aromatic heterocycles. The van der Waals surface area contributed by atoms with Crippen LogP contribution in [-0.4, -0.2) is 40.8 Å². The minimum absolute atomic E-state index is 0.0485. The summed E-state index contributed by atoms with van der Waals surface area (Å²) in [5.74, 6) is -1.97. The fourth-order valence-corrected chi connectivity index (χ4v) is 2.41. The van der Waals surface area contributed by atoms with Crippen LogP contribution in [0.25, 0.3) is 0 Å². The molecule has 1 fully saturated rings. The normalized spacial score (nSPS) is 16.1. The van der Waals surface area contributed by atoms with Crippen molar-refractivity contribution in [1.29, 1.82) is 0 Å². The van der Waals surface area contributed by atoms with E-state index in [1.165, 1.54) is 6.20 Å². The van der Waals surface area contributed by atoms with Crippen LogP contribution in [0.3, 0.4) is 0 Å². The Morgan fingerprint density at radius 1 is 1.35 bits per heavy atom. The SMILES string of the molecule is CC(C)(C)C(NC(=O)c1cc(OCC(F)(F)F)c(C2CC2)cn1)C(=O)O. The van der Waals surface area contributed by atoms with Crippen molar-refractivity contribution in [2.24, 2.45) is 5.41 Å². The molecule has 0 aliphatic heterocycles. The molecule has 1 saturated carbocycles. The van der Waals surface area contributed by atoms with E-state index < -0.39 is 36.1 Å². The van der Waals surface area contributed by atoms with Crippen LogP contribution in [0.2, 0.25) is 0 Å². The number of rotatable bonds is 6. The fraction of sp³-hybridized carbons (Fsp3) is 0.588. The maximum absolute atomic E-state index is 12.5. The molecular weight excluding hydrogens is 353 g/mol. The van der Waals surface area contributed by atoms with Gasteiger partial charge in [0.15, 0.2) is 6.61 Å². The number of amides is 1. The number of carboxylic acid groups (broad SMARTS) is 1. The molecule has 144 valence electrons. The zero-order valence-electron chi connectivity index (χ0n) is 14.7. The Labute approximate surface area is 148 Å². The average Bonchev–Trinajstić information content (AvgIpc) is 3.32. The second-order valence-electron chi connectivity index (χ2n) is 7.40. The molecule has 9 heteroatoms. The molecule has 1 unspecified atom stereocenters. The minimum atomic E-state index is -4.51. The van der Waals surface area contributed by atoms with E-state index in [0.29, 0.717) is 5.56 Å². The number of aliphatic carboxylic acids is 1. The number of nitrogens with one attached hydrogen (secondary N) is 1. The number of carbonyl (C=O) groups is 2. The molecule has 1 atom stereocenters. The number of ether oxygens (including phenoxy) is 1. The second kappa shape index (κ2) is 7.13. The zero-order chi connectivity index (χ0) is 19.7. The van der Waals surface area contributed by atoms with Gasteiger partial charge in [0.05, 0.1) is 0 Å². The summed E-state index contributed by atoms with van der Waals surface area (Å²) in [5, 5.41) is 11.6. The van der Waals surface area contributed by atoms with Gasteiger partial charge in [0, 0.05) is 17.8 Å². The molecule has 0 bridgehead atoms. The lowest BCUT2D eigenvalue weighted by Crippen LogP contribution is -2.49. The predicted molar refractivity (Wildman–Crippen MR) is 86.1 cm³/mol. The van der Waals surface area contributed by atoms with Crippen molar-refractivity contribution < 1.29 is 32.6 Å². The van der Waals surface area contributed by atoms with Crippen LogP contribution in [0.1, 0.15) is 55.6 Å². The van der Waals surface area contributed by atoms with Crippen LogP contribution >= 0.6 is 0 Å². The van der Waals surface area contributed by atoms with Crippen LogP contribution in [0.15, 0.2) is 12.3 Å². The number of carboxylic acids is 1. The summed E-state index contributed by atoms with van der Waals surface area (Å²) in [4.78, 5) is 27.7. The number of alkyl halides is 3. The first kappa shape index (κ1) is 20.0. The number of aromatic nitrogens is 1. The first-order chi connectivity index (χ1) is 11.9. The topological polar surface area (TPSA) is 88.5 Å². The van der Waals surface area contributed by atoms with Gasteiger partial charge < -0.3 is 15.2 Å². The van der Waals surface area contributed by atoms with Gasteiger partial charge in [-0.2, -0.15) is 13.2 Å². The molecule has 1 aliphatic carbocycles. The van der Waals surface area contributed by atoms with Crippen LogP contribution in [-0.2, 0) is 4.79 Å². The molecule has 0 spiro atoms.